The highest BCUT2D eigenvalue weighted by Crippen LogP contribution is 1.86. The van der Waals surface area contributed by atoms with Crippen molar-refractivity contribution >= 4 is 18.6 Å². The van der Waals surface area contributed by atoms with Crippen LogP contribution in [0.4, 0.5) is 0 Å². The Kier molecular flexibility index (Phi) is 3.89. The zero-order valence-electron chi connectivity index (χ0n) is 4.51. The van der Waals surface area contributed by atoms with E-state index in [9.17, 15) is 0 Å². The van der Waals surface area contributed by atoms with Gasteiger partial charge in [-0.25, -0.2) is 0 Å². The van der Waals surface area contributed by atoms with E-state index in [1.54, 1.807) is 0 Å². The van der Waals surface area contributed by atoms with E-state index in [1.807, 2.05) is 13.8 Å². The number of hydrogen-bond donors (Lipinski definition) is 1. The van der Waals surface area contributed by atoms with Gasteiger partial charge in [0.2, 0.25) is 0 Å². The molecule has 0 unspecified atom stereocenters. The Labute approximate surface area is 49.2 Å². The molecular weight excluding hydrogens is 110 g/mol. The predicted molar refractivity (Wildman–Crippen MR) is 33.5 cm³/mol. The number of oxime groups is 1. The molecule has 0 aliphatic heterocycles. The van der Waals surface area contributed by atoms with E-state index in [4.69, 9.17) is 0 Å². The summed E-state index contributed by atoms with van der Waals surface area (Å²) >= 11 is 3.43. The van der Waals surface area contributed by atoms with E-state index in [2.05, 4.69) is 22.3 Å². The van der Waals surface area contributed by atoms with Crippen LogP contribution in [0.1, 0.15) is 20.3 Å². The molecule has 0 aromatic rings. The number of rotatable bonds is 2. The van der Waals surface area contributed by atoms with Gasteiger partial charge in [0, 0.05) is 0 Å². The molecule has 7 heavy (non-hydrogen) atoms. The van der Waals surface area contributed by atoms with Crippen molar-refractivity contribution in [2.24, 2.45) is 5.16 Å². The molecule has 0 heterocycles. The van der Waals surface area contributed by atoms with Crippen molar-refractivity contribution in [3.05, 3.63) is 0 Å². The Balaban J connectivity index is 3.29. The maximum Gasteiger partial charge on any atom is 0.0715 e. The summed E-state index contributed by atoms with van der Waals surface area (Å²) in [6, 6.07) is 0. The minimum atomic E-state index is 0.917. The fraction of sp³-hybridized carbons (Fsp3) is 0.750. The Morgan fingerprint density at radius 1 is 1.86 bits per heavy atom. The standard InChI is InChI=1S/C4H9NOS/c1-3-4(2)5-6-7/h7H,3H2,1-2H3/b5-4+. The summed E-state index contributed by atoms with van der Waals surface area (Å²) in [6.07, 6.45) is 0.917. The lowest BCUT2D eigenvalue weighted by Gasteiger charge is -1.87. The van der Waals surface area contributed by atoms with Crippen molar-refractivity contribution in [1.29, 1.82) is 0 Å². The zero-order valence-corrected chi connectivity index (χ0v) is 5.40. The van der Waals surface area contributed by atoms with Gasteiger partial charge in [-0.3, -0.25) is 0 Å². The maximum absolute atomic E-state index is 4.18. The van der Waals surface area contributed by atoms with E-state index in [1.165, 1.54) is 0 Å². The molecule has 0 aliphatic rings. The molecule has 0 spiro atoms. The van der Waals surface area contributed by atoms with E-state index < -0.39 is 0 Å². The molecule has 0 amide bonds. The van der Waals surface area contributed by atoms with E-state index in [0.717, 1.165) is 12.1 Å². The average Bonchev–Trinajstić information content (AvgIpc) is 1.68. The molecule has 0 saturated heterocycles. The fourth-order valence-corrected chi connectivity index (χ4v) is 0.274. The normalized spacial score (nSPS) is 11.6. The second-order valence-electron chi connectivity index (χ2n) is 1.26. The Bertz CT molecular complexity index is 72.1. The molecule has 0 aliphatic carbocycles. The first-order valence-electron chi connectivity index (χ1n) is 2.15. The van der Waals surface area contributed by atoms with Crippen molar-refractivity contribution in [3.63, 3.8) is 0 Å². The molecule has 0 rings (SSSR count). The Morgan fingerprint density at radius 2 is 2.43 bits per heavy atom. The van der Waals surface area contributed by atoms with Crippen LogP contribution in [0.15, 0.2) is 5.16 Å². The molecule has 0 atom stereocenters. The smallest absolute Gasteiger partial charge is 0.0715 e. The highest BCUT2D eigenvalue weighted by molar-refractivity contribution is 7.75. The van der Waals surface area contributed by atoms with E-state index in [-0.39, 0.29) is 0 Å². The highest BCUT2D eigenvalue weighted by Gasteiger charge is 1.80. The van der Waals surface area contributed by atoms with Crippen molar-refractivity contribution in [2.75, 3.05) is 0 Å². The minimum absolute atomic E-state index is 0.917. The summed E-state index contributed by atoms with van der Waals surface area (Å²) in [5, 5.41) is 3.52. The molecule has 0 radical (unpaired) electrons. The van der Waals surface area contributed by atoms with Gasteiger partial charge in [0.05, 0.1) is 18.6 Å². The van der Waals surface area contributed by atoms with Crippen LogP contribution in [-0.2, 0) is 4.28 Å². The van der Waals surface area contributed by atoms with Crippen LogP contribution in [0.25, 0.3) is 0 Å². The second kappa shape index (κ2) is 3.99. The van der Waals surface area contributed by atoms with Crippen molar-refractivity contribution in [2.45, 2.75) is 20.3 Å². The molecule has 2 nitrogen and oxygen atoms in total. The van der Waals surface area contributed by atoms with Crippen LogP contribution < -0.4 is 0 Å². The summed E-state index contributed by atoms with van der Waals surface area (Å²) in [5.74, 6) is 0. The van der Waals surface area contributed by atoms with Crippen LogP contribution >= 0.6 is 12.9 Å². The molecule has 0 saturated carbocycles. The third-order valence-corrected chi connectivity index (χ3v) is 0.790. The van der Waals surface area contributed by atoms with Crippen LogP contribution in [0.2, 0.25) is 0 Å². The first-order valence-corrected chi connectivity index (χ1v) is 2.51. The topological polar surface area (TPSA) is 21.6 Å². The number of thiol groups is 1. The van der Waals surface area contributed by atoms with Gasteiger partial charge in [-0.2, -0.15) is 0 Å². The molecule has 0 bridgehead atoms. The number of hydrogen-bond acceptors (Lipinski definition) is 3. The lowest BCUT2D eigenvalue weighted by molar-refractivity contribution is 0.412. The summed E-state index contributed by atoms with van der Waals surface area (Å²) in [7, 11) is 0. The summed E-state index contributed by atoms with van der Waals surface area (Å²) < 4.78 is 4.18. The quantitative estimate of drug-likeness (QED) is 0.254. The summed E-state index contributed by atoms with van der Waals surface area (Å²) in [4.78, 5) is 0. The summed E-state index contributed by atoms with van der Waals surface area (Å²) in [5.41, 5.74) is 0.954. The minimum Gasteiger partial charge on any atom is -0.326 e. The van der Waals surface area contributed by atoms with Gasteiger partial charge in [-0.1, -0.05) is 12.1 Å². The van der Waals surface area contributed by atoms with Crippen LogP contribution in [-0.4, -0.2) is 5.71 Å². The molecule has 0 N–H and O–H groups in total. The molecule has 0 aromatic carbocycles. The van der Waals surface area contributed by atoms with Crippen LogP contribution in [0.3, 0.4) is 0 Å². The van der Waals surface area contributed by atoms with E-state index in [0.29, 0.717) is 0 Å². The van der Waals surface area contributed by atoms with Crippen molar-refractivity contribution < 1.29 is 4.28 Å². The van der Waals surface area contributed by atoms with Crippen LogP contribution in [0, 0.1) is 0 Å². The third kappa shape index (κ3) is 3.66. The Hall–Kier alpha value is -0.180. The van der Waals surface area contributed by atoms with Gasteiger partial charge in [0.25, 0.3) is 0 Å². The van der Waals surface area contributed by atoms with Crippen molar-refractivity contribution in [1.82, 2.24) is 0 Å². The maximum atomic E-state index is 4.18. The largest absolute Gasteiger partial charge is 0.326 e. The predicted octanol–water partition coefficient (Wildman–Crippen LogP) is 1.63. The lowest BCUT2D eigenvalue weighted by atomic mass is 10.3. The number of nitrogens with zero attached hydrogens (tertiary/aromatic N) is 1. The van der Waals surface area contributed by atoms with Gasteiger partial charge in [0.15, 0.2) is 0 Å². The zero-order chi connectivity index (χ0) is 5.70. The van der Waals surface area contributed by atoms with Crippen molar-refractivity contribution in [3.8, 4) is 0 Å². The average molecular weight is 119 g/mol. The fourth-order valence-electron chi connectivity index (χ4n) is 0.134. The SMILES string of the molecule is CC/C(C)=N/OS. The van der Waals surface area contributed by atoms with Gasteiger partial charge >= 0.3 is 0 Å². The van der Waals surface area contributed by atoms with Gasteiger partial charge in [-0.05, 0) is 13.3 Å². The monoisotopic (exact) mass is 119 g/mol. The molecule has 42 valence electrons. The van der Waals surface area contributed by atoms with E-state index >= 15 is 0 Å². The molecule has 3 heteroatoms. The molecule has 0 fully saturated rings. The first kappa shape index (κ1) is 6.82. The van der Waals surface area contributed by atoms with Crippen LogP contribution in [0.5, 0.6) is 0 Å². The Morgan fingerprint density at radius 3 is 2.57 bits per heavy atom. The summed E-state index contributed by atoms with van der Waals surface area (Å²) in [6.45, 7) is 3.89. The van der Waals surface area contributed by atoms with Gasteiger partial charge < -0.3 is 4.28 Å². The first-order chi connectivity index (χ1) is 3.31. The second-order valence-corrected chi connectivity index (χ2v) is 1.43. The molecule has 0 aromatic heterocycles. The molecular formula is C4H9NOS. The van der Waals surface area contributed by atoms with Gasteiger partial charge in [0.1, 0.15) is 0 Å². The third-order valence-electron chi connectivity index (χ3n) is 0.708. The highest BCUT2D eigenvalue weighted by atomic mass is 32.1. The lowest BCUT2D eigenvalue weighted by Crippen LogP contribution is -1.84. The van der Waals surface area contributed by atoms with Gasteiger partial charge in [-0.15, -0.1) is 0 Å².